The van der Waals surface area contributed by atoms with E-state index in [1.54, 1.807) is 6.92 Å². The fraction of sp³-hybridized carbons (Fsp3) is 0.167. The molecule has 0 radical (unpaired) electrons. The van der Waals surface area contributed by atoms with Crippen LogP contribution in [0.1, 0.15) is 5.69 Å². The van der Waals surface area contributed by atoms with Crippen LogP contribution < -0.4 is 11.3 Å². The second-order valence-electron chi connectivity index (χ2n) is 2.46. The standard InChI is InChI=1S/C6H7N5O/c1-3-4-5(12)9-6(7)10-11(4)2-8-3/h2H,1H3,(H3,7,9,10,12). The van der Waals surface area contributed by atoms with Crippen LogP contribution in [0.5, 0.6) is 0 Å². The molecule has 6 heteroatoms. The number of H-pyrrole nitrogens is 1. The summed E-state index contributed by atoms with van der Waals surface area (Å²) in [5.74, 6) is 0.0879. The minimum absolute atomic E-state index is 0.0879. The quantitative estimate of drug-likeness (QED) is 0.540. The van der Waals surface area contributed by atoms with Gasteiger partial charge < -0.3 is 5.73 Å². The molecule has 2 heterocycles. The van der Waals surface area contributed by atoms with Crippen molar-refractivity contribution in [3.8, 4) is 0 Å². The molecular formula is C6H7N5O. The number of nitrogen functional groups attached to an aromatic ring is 1. The zero-order valence-corrected chi connectivity index (χ0v) is 6.40. The van der Waals surface area contributed by atoms with E-state index in [-0.39, 0.29) is 11.5 Å². The van der Waals surface area contributed by atoms with Crippen molar-refractivity contribution in [3.63, 3.8) is 0 Å². The monoisotopic (exact) mass is 165 g/mol. The minimum atomic E-state index is -0.266. The second-order valence-corrected chi connectivity index (χ2v) is 2.46. The van der Waals surface area contributed by atoms with Crippen LogP contribution >= 0.6 is 0 Å². The van der Waals surface area contributed by atoms with Crippen LogP contribution in [-0.2, 0) is 0 Å². The number of aromatic nitrogens is 4. The van der Waals surface area contributed by atoms with Crippen LogP contribution in [-0.4, -0.2) is 19.6 Å². The summed E-state index contributed by atoms with van der Waals surface area (Å²) in [7, 11) is 0. The summed E-state index contributed by atoms with van der Waals surface area (Å²) in [5.41, 5.74) is 6.13. The van der Waals surface area contributed by atoms with Crippen molar-refractivity contribution < 1.29 is 0 Å². The highest BCUT2D eigenvalue weighted by Crippen LogP contribution is 1.99. The number of aromatic amines is 1. The summed E-state index contributed by atoms with van der Waals surface area (Å²) in [5, 5.41) is 3.83. The van der Waals surface area contributed by atoms with Gasteiger partial charge in [0.2, 0.25) is 5.95 Å². The Hall–Kier alpha value is -1.85. The summed E-state index contributed by atoms with van der Waals surface area (Å²) in [6.07, 6.45) is 1.45. The molecule has 0 aliphatic carbocycles. The number of fused-ring (bicyclic) bond motifs is 1. The fourth-order valence-electron chi connectivity index (χ4n) is 1.09. The van der Waals surface area contributed by atoms with Gasteiger partial charge in [-0.1, -0.05) is 0 Å². The van der Waals surface area contributed by atoms with Gasteiger partial charge in [-0.3, -0.25) is 9.78 Å². The normalized spacial score (nSPS) is 10.8. The Morgan fingerprint density at radius 3 is 3.17 bits per heavy atom. The molecule has 0 fully saturated rings. The van der Waals surface area contributed by atoms with E-state index in [1.165, 1.54) is 10.8 Å². The van der Waals surface area contributed by atoms with E-state index in [1.807, 2.05) is 0 Å². The molecule has 0 spiro atoms. The SMILES string of the molecule is Cc1ncn2nc(N)[nH]c(=O)c12. The summed E-state index contributed by atoms with van der Waals surface area (Å²) in [4.78, 5) is 17.6. The van der Waals surface area contributed by atoms with Crippen molar-refractivity contribution in [3.05, 3.63) is 22.4 Å². The van der Waals surface area contributed by atoms with Gasteiger partial charge in [0.15, 0.2) is 5.52 Å². The first-order valence-electron chi connectivity index (χ1n) is 3.38. The van der Waals surface area contributed by atoms with Gasteiger partial charge in [-0.2, -0.15) is 0 Å². The van der Waals surface area contributed by atoms with Crippen LogP contribution in [0.25, 0.3) is 5.52 Å². The third kappa shape index (κ3) is 0.777. The van der Waals surface area contributed by atoms with Crippen LogP contribution in [0.2, 0.25) is 0 Å². The first kappa shape index (κ1) is 6.84. The first-order chi connectivity index (χ1) is 5.68. The Kier molecular flexibility index (Phi) is 1.18. The summed E-state index contributed by atoms with van der Waals surface area (Å²) < 4.78 is 1.36. The topological polar surface area (TPSA) is 89.1 Å². The molecule has 0 bridgehead atoms. The number of aryl methyl sites for hydroxylation is 1. The molecule has 12 heavy (non-hydrogen) atoms. The van der Waals surface area contributed by atoms with E-state index in [0.717, 1.165) is 0 Å². The number of hydrogen-bond acceptors (Lipinski definition) is 4. The molecule has 0 atom stereocenters. The maximum absolute atomic E-state index is 11.2. The number of nitrogens with zero attached hydrogens (tertiary/aromatic N) is 3. The highest BCUT2D eigenvalue weighted by Gasteiger charge is 2.04. The van der Waals surface area contributed by atoms with Gasteiger partial charge in [0.25, 0.3) is 5.56 Å². The van der Waals surface area contributed by atoms with E-state index in [2.05, 4.69) is 15.1 Å². The average molecular weight is 165 g/mol. The van der Waals surface area contributed by atoms with Gasteiger partial charge in [0.1, 0.15) is 6.33 Å². The molecule has 3 N–H and O–H groups in total. The molecule has 0 aliphatic rings. The number of nitrogens with one attached hydrogen (secondary N) is 1. The average Bonchev–Trinajstić information content (AvgIpc) is 2.31. The summed E-state index contributed by atoms with van der Waals surface area (Å²) in [6, 6.07) is 0. The van der Waals surface area contributed by atoms with E-state index in [0.29, 0.717) is 11.2 Å². The molecule has 0 aliphatic heterocycles. The molecule has 62 valence electrons. The van der Waals surface area contributed by atoms with Crippen molar-refractivity contribution in [1.82, 2.24) is 19.6 Å². The van der Waals surface area contributed by atoms with Crippen molar-refractivity contribution in [2.24, 2.45) is 0 Å². The Balaban J connectivity index is 3.03. The Morgan fingerprint density at radius 2 is 2.42 bits per heavy atom. The van der Waals surface area contributed by atoms with E-state index < -0.39 is 0 Å². The van der Waals surface area contributed by atoms with Crippen LogP contribution in [0, 0.1) is 6.92 Å². The molecule has 0 saturated carbocycles. The molecule has 0 amide bonds. The van der Waals surface area contributed by atoms with Crippen molar-refractivity contribution in [2.45, 2.75) is 6.92 Å². The van der Waals surface area contributed by atoms with Gasteiger partial charge in [-0.05, 0) is 6.92 Å². The van der Waals surface area contributed by atoms with Gasteiger partial charge in [0.05, 0.1) is 5.69 Å². The third-order valence-corrected chi connectivity index (χ3v) is 1.60. The molecule has 0 saturated heterocycles. The maximum atomic E-state index is 11.2. The lowest BCUT2D eigenvalue weighted by atomic mass is 10.4. The zero-order valence-electron chi connectivity index (χ0n) is 6.40. The number of rotatable bonds is 0. The molecule has 0 unspecified atom stereocenters. The number of nitrogens with two attached hydrogens (primary N) is 1. The molecule has 6 nitrogen and oxygen atoms in total. The Bertz CT molecular complexity index is 482. The van der Waals surface area contributed by atoms with Crippen molar-refractivity contribution in [2.75, 3.05) is 5.73 Å². The highest BCUT2D eigenvalue weighted by molar-refractivity contribution is 5.48. The Labute approximate surface area is 67.0 Å². The maximum Gasteiger partial charge on any atom is 0.278 e. The predicted molar refractivity (Wildman–Crippen MR) is 42.8 cm³/mol. The summed E-state index contributed by atoms with van der Waals surface area (Å²) >= 11 is 0. The van der Waals surface area contributed by atoms with E-state index in [4.69, 9.17) is 5.73 Å². The lowest BCUT2D eigenvalue weighted by Gasteiger charge is -1.93. The largest absolute Gasteiger partial charge is 0.368 e. The summed E-state index contributed by atoms with van der Waals surface area (Å²) in [6.45, 7) is 1.74. The fourth-order valence-corrected chi connectivity index (χ4v) is 1.09. The third-order valence-electron chi connectivity index (χ3n) is 1.60. The zero-order chi connectivity index (χ0) is 8.72. The minimum Gasteiger partial charge on any atom is -0.368 e. The van der Waals surface area contributed by atoms with Gasteiger partial charge in [-0.25, -0.2) is 9.50 Å². The van der Waals surface area contributed by atoms with Gasteiger partial charge in [-0.15, -0.1) is 5.10 Å². The number of hydrogen-bond donors (Lipinski definition) is 2. The number of anilines is 1. The molecule has 0 aromatic carbocycles. The van der Waals surface area contributed by atoms with Crippen LogP contribution in [0.15, 0.2) is 11.1 Å². The predicted octanol–water partition coefficient (Wildman–Crippen LogP) is -0.692. The molecular weight excluding hydrogens is 158 g/mol. The van der Waals surface area contributed by atoms with Gasteiger partial charge in [0, 0.05) is 0 Å². The smallest absolute Gasteiger partial charge is 0.278 e. The Morgan fingerprint density at radius 1 is 1.67 bits per heavy atom. The number of imidazole rings is 1. The van der Waals surface area contributed by atoms with Crippen molar-refractivity contribution >= 4 is 11.5 Å². The lowest BCUT2D eigenvalue weighted by molar-refractivity contribution is 0.893. The van der Waals surface area contributed by atoms with E-state index >= 15 is 0 Å². The molecule has 2 rings (SSSR count). The molecule has 2 aromatic heterocycles. The van der Waals surface area contributed by atoms with Crippen LogP contribution in [0.3, 0.4) is 0 Å². The van der Waals surface area contributed by atoms with Crippen LogP contribution in [0.4, 0.5) is 5.95 Å². The van der Waals surface area contributed by atoms with Gasteiger partial charge >= 0.3 is 0 Å². The second kappa shape index (κ2) is 2.07. The van der Waals surface area contributed by atoms with E-state index in [9.17, 15) is 4.79 Å². The lowest BCUT2D eigenvalue weighted by Crippen LogP contribution is -2.15. The molecule has 2 aromatic rings. The first-order valence-corrected chi connectivity index (χ1v) is 3.38. The highest BCUT2D eigenvalue weighted by atomic mass is 16.1. The van der Waals surface area contributed by atoms with Crippen molar-refractivity contribution in [1.29, 1.82) is 0 Å².